The van der Waals surface area contributed by atoms with Gasteiger partial charge < -0.3 is 14.5 Å². The maximum Gasteiger partial charge on any atom is 0.253 e. The van der Waals surface area contributed by atoms with Gasteiger partial charge in [-0.1, -0.05) is 0 Å². The van der Waals surface area contributed by atoms with Crippen LogP contribution in [0.1, 0.15) is 15.9 Å². The van der Waals surface area contributed by atoms with E-state index in [1.165, 1.54) is 43.5 Å². The summed E-state index contributed by atoms with van der Waals surface area (Å²) >= 11 is 0. The number of halogens is 2. The molecule has 3 aromatic carbocycles. The highest BCUT2D eigenvalue weighted by Gasteiger charge is 2.25. The molecule has 1 saturated heterocycles. The van der Waals surface area contributed by atoms with E-state index in [0.717, 1.165) is 16.2 Å². The van der Waals surface area contributed by atoms with Crippen LogP contribution in [0.15, 0.2) is 66.7 Å². The summed E-state index contributed by atoms with van der Waals surface area (Å²) in [5.41, 5.74) is 2.11. The Balaban J connectivity index is 1.53. The zero-order valence-electron chi connectivity index (χ0n) is 20.0. The average Bonchev–Trinajstić information content (AvgIpc) is 2.87. The van der Waals surface area contributed by atoms with Crippen LogP contribution in [-0.4, -0.2) is 58.8 Å². The number of sulfonamides is 1. The molecule has 1 aliphatic heterocycles. The number of nitrogens with zero attached hydrogens (tertiary/aromatic N) is 3. The first-order valence-corrected chi connectivity index (χ1v) is 13.2. The second kappa shape index (κ2) is 10.5. The average molecular weight is 516 g/mol. The number of methoxy groups -OCH3 is 1. The van der Waals surface area contributed by atoms with Crippen LogP contribution in [0.5, 0.6) is 5.75 Å². The maximum atomic E-state index is 13.4. The second-order valence-corrected chi connectivity index (χ2v) is 10.4. The Kier molecular flexibility index (Phi) is 7.44. The van der Waals surface area contributed by atoms with Gasteiger partial charge in [-0.25, -0.2) is 17.2 Å². The Bertz CT molecular complexity index is 1320. The lowest BCUT2D eigenvalue weighted by Gasteiger charge is -2.36. The number of piperazine rings is 1. The molecule has 1 amide bonds. The van der Waals surface area contributed by atoms with Crippen molar-refractivity contribution >= 4 is 27.3 Å². The molecule has 0 radical (unpaired) electrons. The van der Waals surface area contributed by atoms with Crippen LogP contribution in [0, 0.1) is 11.6 Å². The number of rotatable bonds is 7. The number of carbonyl (C=O) groups excluding carboxylic acids is 1. The van der Waals surface area contributed by atoms with Crippen molar-refractivity contribution in [1.82, 2.24) is 4.90 Å². The largest absolute Gasteiger partial charge is 0.496 e. The Labute approximate surface area is 209 Å². The molecule has 36 heavy (non-hydrogen) atoms. The number of benzene rings is 3. The first-order valence-electron chi connectivity index (χ1n) is 11.4. The lowest BCUT2D eigenvalue weighted by molar-refractivity contribution is 0.0746. The summed E-state index contributed by atoms with van der Waals surface area (Å²) in [6.07, 6.45) is 1.07. The molecule has 0 spiro atoms. The zero-order valence-corrected chi connectivity index (χ0v) is 20.8. The molecule has 1 heterocycles. The summed E-state index contributed by atoms with van der Waals surface area (Å²) < 4.78 is 58.3. The third-order valence-corrected chi connectivity index (χ3v) is 7.26. The van der Waals surface area contributed by atoms with E-state index in [2.05, 4.69) is 4.90 Å². The van der Waals surface area contributed by atoms with E-state index in [9.17, 15) is 22.0 Å². The van der Waals surface area contributed by atoms with Crippen molar-refractivity contribution in [3.05, 3.63) is 89.5 Å². The molecule has 10 heteroatoms. The van der Waals surface area contributed by atoms with Gasteiger partial charge >= 0.3 is 0 Å². The maximum absolute atomic E-state index is 13.4. The summed E-state index contributed by atoms with van der Waals surface area (Å²) in [6.45, 7) is 2.10. The molecular formula is C26H27F2N3O4S. The van der Waals surface area contributed by atoms with E-state index < -0.39 is 15.8 Å². The molecule has 0 unspecified atom stereocenters. The molecule has 0 bridgehead atoms. The lowest BCUT2D eigenvalue weighted by atomic mass is 10.1. The smallest absolute Gasteiger partial charge is 0.253 e. The van der Waals surface area contributed by atoms with Crippen molar-refractivity contribution in [3.63, 3.8) is 0 Å². The van der Waals surface area contributed by atoms with Gasteiger partial charge in [0.25, 0.3) is 5.91 Å². The van der Waals surface area contributed by atoms with Crippen molar-refractivity contribution in [2.24, 2.45) is 0 Å². The van der Waals surface area contributed by atoms with Crippen LogP contribution in [0.2, 0.25) is 0 Å². The molecule has 7 nitrogen and oxygen atoms in total. The normalized spacial score (nSPS) is 14.0. The van der Waals surface area contributed by atoms with Gasteiger partial charge in [-0.3, -0.25) is 9.10 Å². The van der Waals surface area contributed by atoms with E-state index in [4.69, 9.17) is 4.74 Å². The van der Waals surface area contributed by atoms with Gasteiger partial charge in [0.15, 0.2) is 0 Å². The van der Waals surface area contributed by atoms with Crippen molar-refractivity contribution in [2.75, 3.05) is 48.7 Å². The SMILES string of the molecule is COc1ccc(C(=O)N2CCN(c3ccc(F)cc3)CC2)cc1CN(c1ccc(F)cc1)S(C)(=O)=O. The molecule has 0 atom stereocenters. The fourth-order valence-electron chi connectivity index (χ4n) is 4.20. The first kappa shape index (κ1) is 25.4. The molecule has 4 rings (SSSR count). The summed E-state index contributed by atoms with van der Waals surface area (Å²) in [5, 5.41) is 0. The van der Waals surface area contributed by atoms with E-state index in [-0.39, 0.29) is 18.3 Å². The van der Waals surface area contributed by atoms with E-state index in [1.807, 2.05) is 0 Å². The molecular weight excluding hydrogens is 488 g/mol. The monoisotopic (exact) mass is 515 g/mol. The molecule has 0 N–H and O–H groups in total. The van der Waals surface area contributed by atoms with Gasteiger partial charge in [-0.15, -0.1) is 0 Å². The standard InChI is InChI=1S/C26H27F2N3O4S/c1-35-25-12-3-19(17-20(25)18-31(36(2,33)34)24-10-6-22(28)7-11-24)26(32)30-15-13-29(14-16-30)23-8-4-21(27)5-9-23/h3-12,17H,13-16,18H2,1-2H3. The van der Waals surface area contributed by atoms with Gasteiger partial charge in [0.1, 0.15) is 17.4 Å². The van der Waals surface area contributed by atoms with Crippen LogP contribution < -0.4 is 13.9 Å². The molecule has 0 saturated carbocycles. The van der Waals surface area contributed by atoms with E-state index >= 15 is 0 Å². The van der Waals surface area contributed by atoms with Gasteiger partial charge in [0.2, 0.25) is 10.0 Å². The van der Waals surface area contributed by atoms with Crippen LogP contribution in [0.4, 0.5) is 20.2 Å². The predicted octanol–water partition coefficient (Wildman–Crippen LogP) is 3.90. The minimum absolute atomic E-state index is 0.0902. The highest BCUT2D eigenvalue weighted by atomic mass is 32.2. The highest BCUT2D eigenvalue weighted by molar-refractivity contribution is 7.92. The Hall–Kier alpha value is -3.66. The number of hydrogen-bond donors (Lipinski definition) is 0. The number of anilines is 2. The van der Waals surface area contributed by atoms with Crippen LogP contribution >= 0.6 is 0 Å². The zero-order chi connectivity index (χ0) is 25.9. The van der Waals surface area contributed by atoms with E-state index in [0.29, 0.717) is 48.7 Å². The van der Waals surface area contributed by atoms with Crippen LogP contribution in [0.25, 0.3) is 0 Å². The van der Waals surface area contributed by atoms with Crippen LogP contribution in [0.3, 0.4) is 0 Å². The summed E-state index contributed by atoms with van der Waals surface area (Å²) in [7, 11) is -2.24. The van der Waals surface area contributed by atoms with Crippen molar-refractivity contribution in [3.8, 4) is 5.75 Å². The summed E-state index contributed by atoms with van der Waals surface area (Å²) in [4.78, 5) is 17.1. The van der Waals surface area contributed by atoms with Crippen LogP contribution in [-0.2, 0) is 16.6 Å². The molecule has 0 aromatic heterocycles. The van der Waals surface area contributed by atoms with Crippen molar-refractivity contribution < 1.29 is 26.7 Å². The third kappa shape index (κ3) is 5.76. The minimum atomic E-state index is -3.71. The highest BCUT2D eigenvalue weighted by Crippen LogP contribution is 2.27. The van der Waals surface area contributed by atoms with Gasteiger partial charge in [-0.2, -0.15) is 0 Å². The lowest BCUT2D eigenvalue weighted by Crippen LogP contribution is -2.48. The molecule has 190 valence electrons. The third-order valence-electron chi connectivity index (χ3n) is 6.11. The molecule has 3 aromatic rings. The van der Waals surface area contributed by atoms with Gasteiger partial charge in [0.05, 0.1) is 25.6 Å². The summed E-state index contributed by atoms with van der Waals surface area (Å²) in [6, 6.07) is 16.4. The quantitative estimate of drug-likeness (QED) is 0.478. The molecule has 0 aliphatic carbocycles. The summed E-state index contributed by atoms with van der Waals surface area (Å²) in [5.74, 6) is -0.512. The number of ether oxygens (including phenoxy) is 1. The van der Waals surface area contributed by atoms with E-state index in [1.54, 1.807) is 35.2 Å². The van der Waals surface area contributed by atoms with Gasteiger partial charge in [0, 0.05) is 43.0 Å². The Morgan fingerprint density at radius 3 is 2.06 bits per heavy atom. The second-order valence-electron chi connectivity index (χ2n) is 8.53. The number of amides is 1. The van der Waals surface area contributed by atoms with Crippen molar-refractivity contribution in [2.45, 2.75) is 6.54 Å². The van der Waals surface area contributed by atoms with Gasteiger partial charge in [-0.05, 0) is 66.7 Å². The number of carbonyl (C=O) groups is 1. The minimum Gasteiger partial charge on any atom is -0.496 e. The first-order chi connectivity index (χ1) is 17.2. The number of hydrogen-bond acceptors (Lipinski definition) is 5. The fraction of sp³-hybridized carbons (Fsp3) is 0.269. The van der Waals surface area contributed by atoms with Crippen molar-refractivity contribution in [1.29, 1.82) is 0 Å². The Morgan fingerprint density at radius 2 is 1.50 bits per heavy atom. The topological polar surface area (TPSA) is 70.2 Å². The fourth-order valence-corrected chi connectivity index (χ4v) is 5.08. The molecule has 1 fully saturated rings. The Morgan fingerprint density at radius 1 is 0.917 bits per heavy atom. The molecule has 1 aliphatic rings. The predicted molar refractivity (Wildman–Crippen MR) is 135 cm³/mol.